The van der Waals surface area contributed by atoms with Crippen molar-refractivity contribution in [1.29, 1.82) is 0 Å². The summed E-state index contributed by atoms with van der Waals surface area (Å²) in [6.07, 6.45) is 7.36. The lowest BCUT2D eigenvalue weighted by molar-refractivity contribution is 0.216. The van der Waals surface area contributed by atoms with Crippen molar-refractivity contribution >= 4 is 0 Å². The summed E-state index contributed by atoms with van der Waals surface area (Å²) in [4.78, 5) is 2.42. The van der Waals surface area contributed by atoms with Gasteiger partial charge >= 0.3 is 0 Å². The van der Waals surface area contributed by atoms with E-state index in [2.05, 4.69) is 17.3 Å². The minimum atomic E-state index is 0.350. The molecule has 2 N–H and O–H groups in total. The van der Waals surface area contributed by atoms with Gasteiger partial charge < -0.3 is 15.3 Å². The highest BCUT2D eigenvalue weighted by atomic mass is 16.2. The van der Waals surface area contributed by atoms with E-state index in [1.807, 2.05) is 0 Å². The highest BCUT2D eigenvalue weighted by Crippen LogP contribution is 2.14. The molecule has 1 heterocycles. The molecule has 0 radical (unpaired) electrons. The number of unbranched alkanes of at least 4 members (excludes halogenated alkanes) is 3. The maximum absolute atomic E-state index is 8.64. The molecule has 0 aromatic heterocycles. The van der Waals surface area contributed by atoms with Crippen molar-refractivity contribution in [2.24, 2.45) is 5.92 Å². The Balaban J connectivity index is 1.84. The van der Waals surface area contributed by atoms with E-state index in [1.165, 1.54) is 51.7 Å². The summed E-state index contributed by atoms with van der Waals surface area (Å²) < 4.78 is 0. The van der Waals surface area contributed by atoms with Gasteiger partial charge in [0.15, 0.2) is 0 Å². The van der Waals surface area contributed by atoms with E-state index in [9.17, 15) is 0 Å². The van der Waals surface area contributed by atoms with Crippen LogP contribution in [0.15, 0.2) is 0 Å². The van der Waals surface area contributed by atoms with E-state index in [1.54, 1.807) is 0 Å². The molecular weight excluding hydrogens is 200 g/mol. The van der Waals surface area contributed by atoms with Gasteiger partial charge in [-0.15, -0.1) is 0 Å². The largest absolute Gasteiger partial charge is 0.396 e. The monoisotopic (exact) mass is 228 g/mol. The molecule has 0 aromatic rings. The summed E-state index contributed by atoms with van der Waals surface area (Å²) in [7, 11) is 2.21. The summed E-state index contributed by atoms with van der Waals surface area (Å²) in [5.74, 6) is 0.897. The van der Waals surface area contributed by atoms with Gasteiger partial charge in [0.05, 0.1) is 0 Å². The van der Waals surface area contributed by atoms with Gasteiger partial charge in [-0.25, -0.2) is 0 Å². The van der Waals surface area contributed by atoms with Crippen molar-refractivity contribution < 1.29 is 5.11 Å². The molecule has 0 unspecified atom stereocenters. The third-order valence-electron chi connectivity index (χ3n) is 3.53. The number of piperidine rings is 1. The SMILES string of the molecule is CN1CCC(CNCCCCCCO)CC1. The van der Waals surface area contributed by atoms with Crippen molar-refractivity contribution in [3.8, 4) is 0 Å². The van der Waals surface area contributed by atoms with Gasteiger partial charge in [-0.2, -0.15) is 0 Å². The molecule has 0 saturated carbocycles. The summed E-state index contributed by atoms with van der Waals surface area (Å²) in [6.45, 7) is 5.24. The van der Waals surface area contributed by atoms with Gasteiger partial charge in [0.25, 0.3) is 0 Å². The molecule has 1 aliphatic rings. The fourth-order valence-electron chi connectivity index (χ4n) is 2.29. The summed E-state index contributed by atoms with van der Waals surface area (Å²) in [5.41, 5.74) is 0. The number of nitrogens with one attached hydrogen (secondary N) is 1. The molecule has 0 spiro atoms. The molecular formula is C13H28N2O. The van der Waals surface area contributed by atoms with Crippen LogP contribution in [0.25, 0.3) is 0 Å². The molecule has 0 aromatic carbocycles. The lowest BCUT2D eigenvalue weighted by Gasteiger charge is -2.29. The summed E-state index contributed by atoms with van der Waals surface area (Å²) in [5, 5.41) is 12.2. The maximum Gasteiger partial charge on any atom is 0.0431 e. The Kier molecular flexibility index (Phi) is 7.81. The molecule has 0 atom stereocenters. The Morgan fingerprint density at radius 3 is 2.50 bits per heavy atom. The molecule has 1 fully saturated rings. The number of hydrogen-bond acceptors (Lipinski definition) is 3. The van der Waals surface area contributed by atoms with Crippen molar-refractivity contribution in [3.05, 3.63) is 0 Å². The Morgan fingerprint density at radius 1 is 1.12 bits per heavy atom. The predicted molar refractivity (Wildman–Crippen MR) is 68.6 cm³/mol. The van der Waals surface area contributed by atoms with Crippen LogP contribution in [-0.2, 0) is 0 Å². The lowest BCUT2D eigenvalue weighted by atomic mass is 9.97. The molecule has 16 heavy (non-hydrogen) atoms. The fourth-order valence-corrected chi connectivity index (χ4v) is 2.29. The van der Waals surface area contributed by atoms with Gasteiger partial charge in [-0.05, 0) is 64.8 Å². The Bertz CT molecular complexity index is 156. The summed E-state index contributed by atoms with van der Waals surface area (Å²) in [6, 6.07) is 0. The first-order valence-electron chi connectivity index (χ1n) is 6.83. The van der Waals surface area contributed by atoms with E-state index in [0.29, 0.717) is 6.61 Å². The number of aliphatic hydroxyl groups excluding tert-OH is 1. The molecule has 3 nitrogen and oxygen atoms in total. The third kappa shape index (κ3) is 6.46. The zero-order valence-corrected chi connectivity index (χ0v) is 10.7. The zero-order chi connectivity index (χ0) is 11.6. The van der Waals surface area contributed by atoms with Crippen LogP contribution >= 0.6 is 0 Å². The van der Waals surface area contributed by atoms with Crippen molar-refractivity contribution in [1.82, 2.24) is 10.2 Å². The van der Waals surface area contributed by atoms with E-state index in [0.717, 1.165) is 18.9 Å². The van der Waals surface area contributed by atoms with Gasteiger partial charge in [-0.3, -0.25) is 0 Å². The average molecular weight is 228 g/mol. The minimum absolute atomic E-state index is 0.350. The van der Waals surface area contributed by atoms with Crippen LogP contribution in [0.5, 0.6) is 0 Å². The van der Waals surface area contributed by atoms with Crippen molar-refractivity contribution in [2.45, 2.75) is 38.5 Å². The van der Waals surface area contributed by atoms with E-state index >= 15 is 0 Å². The predicted octanol–water partition coefficient (Wildman–Crippen LogP) is 1.47. The molecule has 1 saturated heterocycles. The smallest absolute Gasteiger partial charge is 0.0431 e. The lowest BCUT2D eigenvalue weighted by Crippen LogP contribution is -2.35. The molecule has 0 amide bonds. The second-order valence-electron chi connectivity index (χ2n) is 5.09. The minimum Gasteiger partial charge on any atom is -0.396 e. The standard InChI is InChI=1S/C13H28N2O/c1-15-9-6-13(7-10-15)12-14-8-4-2-3-5-11-16/h13-14,16H,2-12H2,1H3. The van der Waals surface area contributed by atoms with Gasteiger partial charge in [-0.1, -0.05) is 12.8 Å². The number of likely N-dealkylation sites (tertiary alicyclic amines) is 1. The van der Waals surface area contributed by atoms with Crippen LogP contribution in [0.2, 0.25) is 0 Å². The van der Waals surface area contributed by atoms with E-state index < -0.39 is 0 Å². The fraction of sp³-hybridized carbons (Fsp3) is 1.00. The van der Waals surface area contributed by atoms with Gasteiger partial charge in [0.1, 0.15) is 0 Å². The molecule has 0 bridgehead atoms. The first-order chi connectivity index (χ1) is 7.83. The second-order valence-corrected chi connectivity index (χ2v) is 5.09. The van der Waals surface area contributed by atoms with Crippen molar-refractivity contribution in [2.75, 3.05) is 39.8 Å². The van der Waals surface area contributed by atoms with Crippen LogP contribution in [-0.4, -0.2) is 49.8 Å². The third-order valence-corrected chi connectivity index (χ3v) is 3.53. The number of nitrogens with zero attached hydrogens (tertiary/aromatic N) is 1. The maximum atomic E-state index is 8.64. The molecule has 1 aliphatic heterocycles. The zero-order valence-electron chi connectivity index (χ0n) is 10.7. The van der Waals surface area contributed by atoms with E-state index in [-0.39, 0.29) is 0 Å². The highest BCUT2D eigenvalue weighted by molar-refractivity contribution is 4.71. The first-order valence-corrected chi connectivity index (χ1v) is 6.83. The number of aliphatic hydroxyl groups is 1. The molecule has 1 rings (SSSR count). The van der Waals surface area contributed by atoms with Crippen LogP contribution in [0.3, 0.4) is 0 Å². The second kappa shape index (κ2) is 8.97. The first kappa shape index (κ1) is 13.9. The number of rotatable bonds is 8. The van der Waals surface area contributed by atoms with Crippen LogP contribution in [0.1, 0.15) is 38.5 Å². The van der Waals surface area contributed by atoms with Crippen LogP contribution in [0.4, 0.5) is 0 Å². The van der Waals surface area contributed by atoms with Gasteiger partial charge in [0, 0.05) is 6.61 Å². The van der Waals surface area contributed by atoms with Gasteiger partial charge in [0.2, 0.25) is 0 Å². The Hall–Kier alpha value is -0.120. The quantitative estimate of drug-likeness (QED) is 0.618. The molecule has 3 heteroatoms. The normalized spacial score (nSPS) is 19.1. The Morgan fingerprint density at radius 2 is 1.81 bits per heavy atom. The molecule has 0 aliphatic carbocycles. The number of hydrogen-bond donors (Lipinski definition) is 2. The van der Waals surface area contributed by atoms with E-state index in [4.69, 9.17) is 5.11 Å². The Labute approximate surface area is 100 Å². The van der Waals surface area contributed by atoms with Crippen LogP contribution < -0.4 is 5.32 Å². The summed E-state index contributed by atoms with van der Waals surface area (Å²) >= 11 is 0. The van der Waals surface area contributed by atoms with Crippen LogP contribution in [0, 0.1) is 5.92 Å². The van der Waals surface area contributed by atoms with Crippen molar-refractivity contribution in [3.63, 3.8) is 0 Å². The highest BCUT2D eigenvalue weighted by Gasteiger charge is 2.15. The molecule has 96 valence electrons. The topological polar surface area (TPSA) is 35.5 Å². The average Bonchev–Trinajstić information content (AvgIpc) is 2.30.